The number of rotatable bonds is 5. The number of hydrogen-bond donors (Lipinski definition) is 1. The smallest absolute Gasteiger partial charge is 0.339 e. The molecule has 0 spiro atoms. The second kappa shape index (κ2) is 6.05. The van der Waals surface area contributed by atoms with Crippen molar-refractivity contribution in [2.75, 3.05) is 25.6 Å². The summed E-state index contributed by atoms with van der Waals surface area (Å²) in [5, 5.41) is 0. The fraction of sp³-hybridized carbons (Fsp3) is 0.385. The summed E-state index contributed by atoms with van der Waals surface area (Å²) in [6, 6.07) is 7.08. The zero-order valence-corrected chi connectivity index (χ0v) is 10.8. The molecule has 1 aromatic carbocycles. The average molecular weight is 250 g/mol. The summed E-state index contributed by atoms with van der Waals surface area (Å²) in [5.74, 6) is -1.05. The van der Waals surface area contributed by atoms with Gasteiger partial charge in [0.15, 0.2) is 0 Å². The molecule has 0 aliphatic heterocycles. The number of nitrogens with zero attached hydrogens (tertiary/aromatic N) is 1. The molecule has 0 saturated heterocycles. The van der Waals surface area contributed by atoms with E-state index < -0.39 is 5.97 Å². The van der Waals surface area contributed by atoms with Crippen molar-refractivity contribution in [3.05, 3.63) is 29.8 Å². The fourth-order valence-electron chi connectivity index (χ4n) is 1.69. The highest BCUT2D eigenvalue weighted by Crippen LogP contribution is 2.20. The first kappa shape index (κ1) is 14.0. The molecule has 0 radical (unpaired) electrons. The molecule has 5 heteroatoms. The molecular weight excluding hydrogens is 232 g/mol. The van der Waals surface area contributed by atoms with Gasteiger partial charge in [-0.25, -0.2) is 4.79 Å². The van der Waals surface area contributed by atoms with Crippen LogP contribution in [0.2, 0.25) is 0 Å². The van der Waals surface area contributed by atoms with E-state index >= 15 is 0 Å². The summed E-state index contributed by atoms with van der Waals surface area (Å²) in [6.07, 6.45) is 0. The molecule has 2 N–H and O–H groups in total. The minimum absolute atomic E-state index is 0.291. The lowest BCUT2D eigenvalue weighted by Crippen LogP contribution is -2.33. The topological polar surface area (TPSA) is 72.6 Å². The maximum Gasteiger partial charge on any atom is 0.339 e. The molecule has 1 rings (SSSR count). The van der Waals surface area contributed by atoms with Crippen LogP contribution in [0.15, 0.2) is 24.3 Å². The number of nitrogens with two attached hydrogens (primary N) is 1. The van der Waals surface area contributed by atoms with Gasteiger partial charge >= 0.3 is 5.97 Å². The summed E-state index contributed by atoms with van der Waals surface area (Å²) < 4.78 is 4.72. The van der Waals surface area contributed by atoms with Crippen molar-refractivity contribution in [3.8, 4) is 0 Å². The van der Waals surface area contributed by atoms with Crippen LogP contribution in [0.1, 0.15) is 17.3 Å². The van der Waals surface area contributed by atoms with E-state index in [1.54, 1.807) is 32.2 Å². The van der Waals surface area contributed by atoms with E-state index in [1.807, 2.05) is 11.0 Å². The zero-order chi connectivity index (χ0) is 13.7. The van der Waals surface area contributed by atoms with Crippen molar-refractivity contribution < 1.29 is 14.3 Å². The number of primary amides is 1. The summed E-state index contributed by atoms with van der Waals surface area (Å²) in [4.78, 5) is 24.5. The van der Waals surface area contributed by atoms with E-state index in [4.69, 9.17) is 10.5 Å². The average Bonchev–Trinajstić information content (AvgIpc) is 2.37. The van der Waals surface area contributed by atoms with Crippen LogP contribution in [0.25, 0.3) is 0 Å². The van der Waals surface area contributed by atoms with Crippen molar-refractivity contribution in [3.63, 3.8) is 0 Å². The number of anilines is 1. The van der Waals surface area contributed by atoms with Gasteiger partial charge in [-0.05, 0) is 12.1 Å². The van der Waals surface area contributed by atoms with Crippen LogP contribution in [0.4, 0.5) is 5.69 Å². The summed E-state index contributed by atoms with van der Waals surface area (Å²) in [6.45, 7) is 2.20. The Kier molecular flexibility index (Phi) is 4.71. The number of ether oxygens (including phenoxy) is 1. The minimum Gasteiger partial charge on any atom is -0.465 e. The van der Waals surface area contributed by atoms with Gasteiger partial charge in [-0.2, -0.15) is 0 Å². The van der Waals surface area contributed by atoms with Crippen molar-refractivity contribution in [2.24, 2.45) is 11.7 Å². The van der Waals surface area contributed by atoms with Crippen LogP contribution in [-0.4, -0.2) is 32.6 Å². The third-order valence-corrected chi connectivity index (χ3v) is 2.75. The molecule has 0 aromatic heterocycles. The number of benzene rings is 1. The van der Waals surface area contributed by atoms with Gasteiger partial charge < -0.3 is 15.4 Å². The van der Waals surface area contributed by atoms with Crippen molar-refractivity contribution in [1.82, 2.24) is 0 Å². The lowest BCUT2D eigenvalue weighted by Gasteiger charge is -2.23. The van der Waals surface area contributed by atoms with Gasteiger partial charge in [-0.1, -0.05) is 19.1 Å². The van der Waals surface area contributed by atoms with Gasteiger partial charge in [0.2, 0.25) is 5.91 Å². The Bertz CT molecular complexity index is 446. The van der Waals surface area contributed by atoms with E-state index in [0.29, 0.717) is 12.1 Å². The van der Waals surface area contributed by atoms with Gasteiger partial charge in [0.25, 0.3) is 0 Å². The normalized spacial score (nSPS) is 11.7. The lowest BCUT2D eigenvalue weighted by atomic mass is 10.1. The maximum atomic E-state index is 11.6. The van der Waals surface area contributed by atoms with E-state index in [1.165, 1.54) is 7.11 Å². The molecule has 0 bridgehead atoms. The van der Waals surface area contributed by atoms with Gasteiger partial charge in [0.1, 0.15) is 0 Å². The van der Waals surface area contributed by atoms with Gasteiger partial charge in [-0.3, -0.25) is 4.79 Å². The molecule has 0 saturated carbocycles. The molecule has 0 fully saturated rings. The molecule has 0 aliphatic rings. The van der Waals surface area contributed by atoms with Crippen molar-refractivity contribution >= 4 is 17.6 Å². The summed E-state index contributed by atoms with van der Waals surface area (Å²) in [5.41, 5.74) is 6.42. The molecule has 0 aliphatic carbocycles. The van der Waals surface area contributed by atoms with Gasteiger partial charge in [0.05, 0.1) is 24.3 Å². The first-order valence-corrected chi connectivity index (χ1v) is 5.65. The standard InChI is InChI=1S/C13H18N2O3/c1-9(12(14)16)8-15(2)11-7-5-4-6-10(11)13(17)18-3/h4-7,9H,8H2,1-3H3,(H2,14,16). The lowest BCUT2D eigenvalue weighted by molar-refractivity contribution is -0.121. The molecule has 1 atom stereocenters. The van der Waals surface area contributed by atoms with Crippen LogP contribution >= 0.6 is 0 Å². The molecule has 1 unspecified atom stereocenters. The quantitative estimate of drug-likeness (QED) is 0.792. The number of hydrogen-bond acceptors (Lipinski definition) is 4. The predicted molar refractivity (Wildman–Crippen MR) is 69.4 cm³/mol. The summed E-state index contributed by atoms with van der Waals surface area (Å²) >= 11 is 0. The zero-order valence-electron chi connectivity index (χ0n) is 10.8. The Hall–Kier alpha value is -2.04. The highest BCUT2D eigenvalue weighted by Gasteiger charge is 2.17. The SMILES string of the molecule is COC(=O)c1ccccc1N(C)CC(C)C(N)=O. The number of esters is 1. The second-order valence-corrected chi connectivity index (χ2v) is 4.19. The van der Waals surface area contributed by atoms with Crippen LogP contribution in [0.3, 0.4) is 0 Å². The van der Waals surface area contributed by atoms with Crippen LogP contribution in [0, 0.1) is 5.92 Å². The Morgan fingerprint density at radius 1 is 1.39 bits per heavy atom. The second-order valence-electron chi connectivity index (χ2n) is 4.19. The third kappa shape index (κ3) is 3.23. The number of para-hydroxylation sites is 1. The molecule has 18 heavy (non-hydrogen) atoms. The Morgan fingerprint density at radius 3 is 2.56 bits per heavy atom. The van der Waals surface area contributed by atoms with Crippen molar-refractivity contribution in [2.45, 2.75) is 6.92 Å². The first-order chi connectivity index (χ1) is 8.47. The number of amides is 1. The number of carbonyl (C=O) groups is 2. The fourth-order valence-corrected chi connectivity index (χ4v) is 1.69. The maximum absolute atomic E-state index is 11.6. The van der Waals surface area contributed by atoms with E-state index in [-0.39, 0.29) is 11.8 Å². The Balaban J connectivity index is 2.95. The van der Waals surface area contributed by atoms with E-state index in [2.05, 4.69) is 0 Å². The first-order valence-electron chi connectivity index (χ1n) is 5.65. The molecular formula is C13H18N2O3. The minimum atomic E-state index is -0.399. The molecule has 0 heterocycles. The van der Waals surface area contributed by atoms with Gasteiger partial charge in [-0.15, -0.1) is 0 Å². The molecule has 1 amide bonds. The van der Waals surface area contributed by atoms with Crippen LogP contribution < -0.4 is 10.6 Å². The number of methoxy groups -OCH3 is 1. The Labute approximate surface area is 107 Å². The Morgan fingerprint density at radius 2 is 2.00 bits per heavy atom. The monoisotopic (exact) mass is 250 g/mol. The number of carbonyl (C=O) groups excluding carboxylic acids is 2. The summed E-state index contributed by atoms with van der Waals surface area (Å²) in [7, 11) is 3.15. The van der Waals surface area contributed by atoms with Crippen LogP contribution in [0.5, 0.6) is 0 Å². The van der Waals surface area contributed by atoms with Crippen LogP contribution in [-0.2, 0) is 9.53 Å². The van der Waals surface area contributed by atoms with E-state index in [9.17, 15) is 9.59 Å². The van der Waals surface area contributed by atoms with Crippen molar-refractivity contribution in [1.29, 1.82) is 0 Å². The van der Waals surface area contributed by atoms with Gasteiger partial charge in [0, 0.05) is 13.6 Å². The highest BCUT2D eigenvalue weighted by molar-refractivity contribution is 5.95. The molecule has 98 valence electrons. The predicted octanol–water partition coefficient (Wildman–Crippen LogP) is 1.03. The largest absolute Gasteiger partial charge is 0.465 e. The molecule has 5 nitrogen and oxygen atoms in total. The highest BCUT2D eigenvalue weighted by atomic mass is 16.5. The molecule has 1 aromatic rings. The third-order valence-electron chi connectivity index (χ3n) is 2.75. The van der Waals surface area contributed by atoms with E-state index in [0.717, 1.165) is 5.69 Å².